The molecule has 3 aromatic rings. The van der Waals surface area contributed by atoms with Crippen molar-refractivity contribution in [2.75, 3.05) is 42.6 Å². The number of anilines is 3. The maximum atomic E-state index is 14.2. The fourth-order valence-corrected chi connectivity index (χ4v) is 8.55. The summed E-state index contributed by atoms with van der Waals surface area (Å²) in [5.74, 6) is -3.99. The Labute approximate surface area is 341 Å². The molecule has 2 fully saturated rings. The van der Waals surface area contributed by atoms with Crippen LogP contribution in [-0.4, -0.2) is 107 Å². The van der Waals surface area contributed by atoms with Crippen LogP contribution in [0.5, 0.6) is 5.75 Å². The lowest BCUT2D eigenvalue weighted by Crippen LogP contribution is -2.54. The predicted molar refractivity (Wildman–Crippen MR) is 210 cm³/mol. The molecule has 6 amide bonds. The van der Waals surface area contributed by atoms with Gasteiger partial charge in [0.1, 0.15) is 23.4 Å². The lowest BCUT2D eigenvalue weighted by molar-refractivity contribution is -0.136. The van der Waals surface area contributed by atoms with E-state index in [1.807, 2.05) is 0 Å². The maximum absolute atomic E-state index is 14.2. The van der Waals surface area contributed by atoms with Gasteiger partial charge in [0.05, 0.1) is 39.2 Å². The van der Waals surface area contributed by atoms with Crippen molar-refractivity contribution in [3.05, 3.63) is 69.6 Å². The van der Waals surface area contributed by atoms with E-state index in [0.29, 0.717) is 36.6 Å². The molecule has 4 heterocycles. The molecule has 0 aliphatic carbocycles. The summed E-state index contributed by atoms with van der Waals surface area (Å²) >= 11 is 3.34. The van der Waals surface area contributed by atoms with Gasteiger partial charge in [0.2, 0.25) is 33.7 Å². The van der Waals surface area contributed by atoms with Crippen LogP contribution in [0, 0.1) is 5.82 Å². The topological polar surface area (TPSA) is 252 Å². The molecule has 1 unspecified atom stereocenters. The van der Waals surface area contributed by atoms with Gasteiger partial charge in [-0.1, -0.05) is 12.1 Å². The SMILES string of the molecule is NC(=O)c1c(F)cccc1Nc1nc(NC2CCN(S(=O)(=O)CCNC(=O)CCCCCOc3cccc4c3C(=O)N(C3CCC(=O)NC3=O)C4=O)CC2)ncc1Br. The molecule has 6 rings (SSSR count). The minimum Gasteiger partial charge on any atom is -0.493 e. The number of halogens is 2. The zero-order chi connectivity index (χ0) is 41.6. The second-order valence-electron chi connectivity index (χ2n) is 13.8. The smallest absolute Gasteiger partial charge is 0.266 e. The Morgan fingerprint density at radius 3 is 2.52 bits per heavy atom. The molecule has 1 aromatic heterocycles. The van der Waals surface area contributed by atoms with Gasteiger partial charge in [-0.3, -0.25) is 39.0 Å². The number of hydrogen-bond acceptors (Lipinski definition) is 13. The van der Waals surface area contributed by atoms with Crippen LogP contribution in [0.15, 0.2) is 47.1 Å². The molecule has 6 N–H and O–H groups in total. The van der Waals surface area contributed by atoms with Crippen molar-refractivity contribution in [1.82, 2.24) is 29.8 Å². The fourth-order valence-electron chi connectivity index (χ4n) is 6.88. The first-order valence-electron chi connectivity index (χ1n) is 18.6. The number of carbonyl (C=O) groups is 6. The van der Waals surface area contributed by atoms with Gasteiger partial charge in [-0.15, -0.1) is 0 Å². The number of ether oxygens (including phenoxy) is 1. The van der Waals surface area contributed by atoms with Crippen molar-refractivity contribution in [2.24, 2.45) is 5.73 Å². The van der Waals surface area contributed by atoms with E-state index in [1.165, 1.54) is 28.7 Å². The number of piperidine rings is 2. The first kappa shape index (κ1) is 42.1. The number of hydrogen-bond donors (Lipinski definition) is 5. The van der Waals surface area contributed by atoms with E-state index < -0.39 is 51.4 Å². The van der Waals surface area contributed by atoms with Gasteiger partial charge in [0.25, 0.3) is 17.7 Å². The molecule has 21 heteroatoms. The van der Waals surface area contributed by atoms with Gasteiger partial charge in [0.15, 0.2) is 0 Å². The zero-order valence-electron chi connectivity index (χ0n) is 31.1. The Kier molecular flexibility index (Phi) is 13.3. The van der Waals surface area contributed by atoms with E-state index in [1.54, 1.807) is 12.1 Å². The molecule has 308 valence electrons. The molecule has 18 nitrogen and oxygen atoms in total. The number of benzene rings is 2. The molecular weight excluding hydrogens is 845 g/mol. The summed E-state index contributed by atoms with van der Waals surface area (Å²) in [5, 5.41) is 10.9. The number of nitrogens with two attached hydrogens (primary N) is 1. The fraction of sp³-hybridized carbons (Fsp3) is 0.405. The van der Waals surface area contributed by atoms with Gasteiger partial charge in [-0.25, -0.2) is 22.1 Å². The largest absolute Gasteiger partial charge is 0.493 e. The molecule has 0 radical (unpaired) electrons. The lowest BCUT2D eigenvalue weighted by atomic mass is 10.0. The monoisotopic (exact) mass is 885 g/mol. The van der Waals surface area contributed by atoms with Gasteiger partial charge in [0, 0.05) is 44.7 Å². The van der Waals surface area contributed by atoms with Gasteiger partial charge in [-0.05, 0) is 78.7 Å². The number of primary amides is 1. The van der Waals surface area contributed by atoms with Gasteiger partial charge >= 0.3 is 0 Å². The summed E-state index contributed by atoms with van der Waals surface area (Å²) in [6.07, 6.45) is 4.30. The zero-order valence-corrected chi connectivity index (χ0v) is 33.5. The molecular formula is C37H41BrFN9O9S. The van der Waals surface area contributed by atoms with E-state index in [9.17, 15) is 41.6 Å². The van der Waals surface area contributed by atoms with E-state index >= 15 is 0 Å². The van der Waals surface area contributed by atoms with E-state index in [2.05, 4.69) is 47.2 Å². The van der Waals surface area contributed by atoms with E-state index in [4.69, 9.17) is 10.5 Å². The first-order valence-corrected chi connectivity index (χ1v) is 21.0. The normalized spacial score (nSPS) is 17.5. The molecule has 0 spiro atoms. The molecule has 3 aliphatic rings. The van der Waals surface area contributed by atoms with Crippen LogP contribution in [0.4, 0.5) is 21.8 Å². The highest BCUT2D eigenvalue weighted by Gasteiger charge is 2.46. The molecule has 3 aliphatic heterocycles. The van der Waals surface area contributed by atoms with Crippen LogP contribution in [0.2, 0.25) is 0 Å². The van der Waals surface area contributed by atoms with Gasteiger partial charge in [-0.2, -0.15) is 4.98 Å². The number of nitrogens with one attached hydrogen (secondary N) is 4. The van der Waals surface area contributed by atoms with Crippen molar-refractivity contribution in [2.45, 2.75) is 63.5 Å². The predicted octanol–water partition coefficient (Wildman–Crippen LogP) is 2.58. The molecule has 1 atom stereocenters. The number of aromatic nitrogens is 2. The molecule has 0 saturated carbocycles. The summed E-state index contributed by atoms with van der Waals surface area (Å²) in [6.45, 7) is 0.649. The summed E-state index contributed by atoms with van der Waals surface area (Å²) in [5.41, 5.74) is 5.36. The Hall–Kier alpha value is -5.54. The number of carbonyl (C=O) groups excluding carboxylic acids is 6. The number of unbranched alkanes of at least 4 members (excludes halogenated alkanes) is 2. The summed E-state index contributed by atoms with van der Waals surface area (Å²) in [4.78, 5) is 83.9. The number of imide groups is 2. The Morgan fingerprint density at radius 2 is 1.78 bits per heavy atom. The third kappa shape index (κ3) is 9.76. The van der Waals surface area contributed by atoms with Crippen LogP contribution in [0.25, 0.3) is 0 Å². The Bertz CT molecular complexity index is 2240. The Morgan fingerprint density at radius 1 is 1.02 bits per heavy atom. The minimum atomic E-state index is -3.65. The maximum Gasteiger partial charge on any atom is 0.266 e. The van der Waals surface area contributed by atoms with Crippen LogP contribution >= 0.6 is 15.9 Å². The number of nitrogens with zero attached hydrogens (tertiary/aromatic N) is 4. The van der Waals surface area contributed by atoms with Crippen LogP contribution in [0.1, 0.15) is 82.4 Å². The van der Waals surface area contributed by atoms with Crippen molar-refractivity contribution in [3.8, 4) is 5.75 Å². The molecule has 58 heavy (non-hydrogen) atoms. The van der Waals surface area contributed by atoms with E-state index in [0.717, 1.165) is 11.0 Å². The highest BCUT2D eigenvalue weighted by Crippen LogP contribution is 2.34. The highest BCUT2D eigenvalue weighted by atomic mass is 79.9. The van der Waals surface area contributed by atoms with Crippen LogP contribution in [-0.2, 0) is 24.4 Å². The average molecular weight is 887 g/mol. The minimum absolute atomic E-state index is 0.0162. The highest BCUT2D eigenvalue weighted by molar-refractivity contribution is 9.10. The quantitative estimate of drug-likeness (QED) is 0.0967. The average Bonchev–Trinajstić information content (AvgIpc) is 3.43. The van der Waals surface area contributed by atoms with Crippen LogP contribution in [0.3, 0.4) is 0 Å². The number of amides is 6. The summed E-state index contributed by atoms with van der Waals surface area (Å²) < 4.78 is 48.0. The van der Waals surface area contributed by atoms with Gasteiger partial charge < -0.3 is 26.4 Å². The third-order valence-electron chi connectivity index (χ3n) is 9.86. The second-order valence-corrected chi connectivity index (χ2v) is 16.8. The molecule has 0 bridgehead atoms. The third-order valence-corrected chi connectivity index (χ3v) is 12.3. The number of sulfonamides is 1. The standard InChI is InChI=1S/C37H41BrFN9O9S/c38-23-20-42-37(46-33(23)44-25-8-5-7-24(39)31(25)32(40)51)43-21-13-16-47(17-14-21)58(55,56)19-15-41-28(49)10-2-1-3-18-57-27-9-4-6-22-30(27)36(54)48(35(22)53)26-11-12-29(50)45-34(26)52/h4-9,20-21,26H,1-3,10-19H2,(H2,40,51)(H,41,49)(H,45,50,52)(H2,42,43,44,46). The van der Waals surface area contributed by atoms with Crippen LogP contribution < -0.4 is 31.7 Å². The van der Waals surface area contributed by atoms with Crippen molar-refractivity contribution >= 4 is 78.8 Å². The molecule has 2 aromatic carbocycles. The van der Waals surface area contributed by atoms with Crippen molar-refractivity contribution in [1.29, 1.82) is 0 Å². The number of fused-ring (bicyclic) bond motifs is 1. The van der Waals surface area contributed by atoms with E-state index in [-0.39, 0.29) is 103 Å². The lowest BCUT2D eigenvalue weighted by Gasteiger charge is -2.31. The summed E-state index contributed by atoms with van der Waals surface area (Å²) in [7, 11) is -3.65. The second kappa shape index (κ2) is 18.4. The number of rotatable bonds is 17. The molecule has 2 saturated heterocycles. The first-order chi connectivity index (χ1) is 27.7. The van der Waals surface area contributed by atoms with Crippen molar-refractivity contribution in [3.63, 3.8) is 0 Å². The van der Waals surface area contributed by atoms with Crippen molar-refractivity contribution < 1.29 is 46.3 Å². The summed E-state index contributed by atoms with van der Waals surface area (Å²) in [6, 6.07) is 7.45. The Balaban J connectivity index is 0.877.